The summed E-state index contributed by atoms with van der Waals surface area (Å²) in [6.07, 6.45) is -0.826. The lowest BCUT2D eigenvalue weighted by Gasteiger charge is -2.13. The normalized spacial score (nSPS) is 12.5. The van der Waals surface area contributed by atoms with Gasteiger partial charge in [-0.15, -0.1) is 0 Å². The average molecular weight is 254 g/mol. The number of amides is 1. The Morgan fingerprint density at radius 1 is 1.44 bits per heavy atom. The first-order valence-electron chi connectivity index (χ1n) is 5.92. The minimum absolute atomic E-state index is 0.0902. The molecule has 1 aromatic rings. The van der Waals surface area contributed by atoms with E-state index in [9.17, 15) is 14.3 Å². The number of aliphatic hydroxyl groups is 1. The fourth-order valence-corrected chi connectivity index (χ4v) is 1.53. The quantitative estimate of drug-likeness (QED) is 0.709. The molecule has 0 saturated carbocycles. The molecule has 1 amide bonds. The largest absolute Gasteiger partial charge is 0.387 e. The van der Waals surface area contributed by atoms with E-state index in [-0.39, 0.29) is 30.9 Å². The van der Waals surface area contributed by atoms with Crippen molar-refractivity contribution in [1.82, 2.24) is 10.6 Å². The van der Waals surface area contributed by atoms with Crippen molar-refractivity contribution < 1.29 is 14.3 Å². The lowest BCUT2D eigenvalue weighted by atomic mass is 10.1. The molecule has 0 saturated heterocycles. The van der Waals surface area contributed by atoms with Crippen molar-refractivity contribution in [3.05, 3.63) is 35.6 Å². The van der Waals surface area contributed by atoms with Crippen LogP contribution in [0.2, 0.25) is 0 Å². The summed E-state index contributed by atoms with van der Waals surface area (Å²) in [5, 5.41) is 15.3. The van der Waals surface area contributed by atoms with Crippen molar-refractivity contribution in [1.29, 1.82) is 0 Å². The maximum absolute atomic E-state index is 12.9. The Morgan fingerprint density at radius 2 is 2.17 bits per heavy atom. The van der Waals surface area contributed by atoms with E-state index >= 15 is 0 Å². The molecule has 1 atom stereocenters. The fraction of sp³-hybridized carbons (Fsp3) is 0.462. The molecule has 0 spiro atoms. The summed E-state index contributed by atoms with van der Waals surface area (Å²) in [5.74, 6) is -0.513. The molecule has 0 aliphatic carbocycles. The zero-order chi connectivity index (χ0) is 13.5. The van der Waals surface area contributed by atoms with Crippen LogP contribution in [0, 0.1) is 5.82 Å². The third kappa shape index (κ3) is 5.25. The Labute approximate surface area is 106 Å². The fourth-order valence-electron chi connectivity index (χ4n) is 1.53. The first-order chi connectivity index (χ1) is 8.49. The van der Waals surface area contributed by atoms with Crippen LogP contribution in [-0.2, 0) is 4.79 Å². The average Bonchev–Trinajstić information content (AvgIpc) is 2.27. The second-order valence-electron chi connectivity index (χ2n) is 4.42. The Bertz CT molecular complexity index is 396. The molecule has 0 heterocycles. The number of aliphatic hydroxyl groups excluding tert-OH is 1. The second kappa shape index (κ2) is 7.08. The maximum Gasteiger partial charge on any atom is 0.234 e. The summed E-state index contributed by atoms with van der Waals surface area (Å²) in [5.41, 5.74) is 0.492. The minimum Gasteiger partial charge on any atom is -0.387 e. The smallest absolute Gasteiger partial charge is 0.234 e. The van der Waals surface area contributed by atoms with Gasteiger partial charge in [0.2, 0.25) is 5.91 Å². The maximum atomic E-state index is 12.9. The zero-order valence-electron chi connectivity index (χ0n) is 10.6. The van der Waals surface area contributed by atoms with Crippen LogP contribution >= 0.6 is 0 Å². The van der Waals surface area contributed by atoms with Gasteiger partial charge in [0.25, 0.3) is 0 Å². The van der Waals surface area contributed by atoms with Crippen molar-refractivity contribution in [3.63, 3.8) is 0 Å². The van der Waals surface area contributed by atoms with E-state index in [0.29, 0.717) is 5.56 Å². The van der Waals surface area contributed by atoms with Gasteiger partial charge in [0, 0.05) is 12.6 Å². The van der Waals surface area contributed by atoms with E-state index in [4.69, 9.17) is 0 Å². The molecule has 1 rings (SSSR count). The topological polar surface area (TPSA) is 61.4 Å². The molecule has 0 aliphatic rings. The molecule has 0 fully saturated rings. The summed E-state index contributed by atoms with van der Waals surface area (Å²) in [4.78, 5) is 11.3. The molecule has 0 bridgehead atoms. The zero-order valence-corrected chi connectivity index (χ0v) is 10.6. The summed E-state index contributed by atoms with van der Waals surface area (Å²) in [6, 6.07) is 5.87. The van der Waals surface area contributed by atoms with E-state index < -0.39 is 6.10 Å². The molecule has 100 valence electrons. The van der Waals surface area contributed by atoms with Crippen molar-refractivity contribution in [2.45, 2.75) is 26.0 Å². The monoisotopic (exact) mass is 254 g/mol. The van der Waals surface area contributed by atoms with Gasteiger partial charge in [0.05, 0.1) is 12.6 Å². The molecular weight excluding hydrogens is 235 g/mol. The van der Waals surface area contributed by atoms with Gasteiger partial charge in [-0.3, -0.25) is 4.79 Å². The molecule has 1 aromatic carbocycles. The number of benzene rings is 1. The highest BCUT2D eigenvalue weighted by molar-refractivity contribution is 5.78. The summed E-state index contributed by atoms with van der Waals surface area (Å²) >= 11 is 0. The third-order valence-corrected chi connectivity index (χ3v) is 2.31. The molecule has 1 unspecified atom stereocenters. The van der Waals surface area contributed by atoms with E-state index in [1.54, 1.807) is 12.1 Å². The summed E-state index contributed by atoms with van der Waals surface area (Å²) < 4.78 is 12.9. The van der Waals surface area contributed by atoms with Crippen molar-refractivity contribution >= 4 is 5.91 Å². The van der Waals surface area contributed by atoms with Crippen molar-refractivity contribution in [3.8, 4) is 0 Å². The number of rotatable bonds is 6. The molecule has 5 heteroatoms. The molecule has 3 N–H and O–H groups in total. The van der Waals surface area contributed by atoms with Crippen LogP contribution in [0.15, 0.2) is 24.3 Å². The van der Waals surface area contributed by atoms with Crippen LogP contribution in [0.3, 0.4) is 0 Å². The first-order valence-corrected chi connectivity index (χ1v) is 5.92. The lowest BCUT2D eigenvalue weighted by molar-refractivity contribution is -0.120. The van der Waals surface area contributed by atoms with Gasteiger partial charge in [0.15, 0.2) is 0 Å². The van der Waals surface area contributed by atoms with Crippen LogP contribution in [0.1, 0.15) is 25.5 Å². The number of carbonyl (C=O) groups is 1. The van der Waals surface area contributed by atoms with E-state index in [1.807, 2.05) is 13.8 Å². The van der Waals surface area contributed by atoms with Gasteiger partial charge in [0.1, 0.15) is 5.82 Å². The molecule has 0 aromatic heterocycles. The van der Waals surface area contributed by atoms with Gasteiger partial charge in [-0.2, -0.15) is 0 Å². The van der Waals surface area contributed by atoms with Gasteiger partial charge in [-0.1, -0.05) is 12.1 Å². The number of hydrogen-bond acceptors (Lipinski definition) is 3. The summed E-state index contributed by atoms with van der Waals surface area (Å²) in [6.45, 7) is 4.08. The van der Waals surface area contributed by atoms with Gasteiger partial charge >= 0.3 is 0 Å². The van der Waals surface area contributed by atoms with Gasteiger partial charge in [-0.25, -0.2) is 4.39 Å². The minimum atomic E-state index is -0.826. The number of hydrogen-bond donors (Lipinski definition) is 3. The number of nitrogens with one attached hydrogen (secondary N) is 2. The number of carbonyl (C=O) groups excluding carboxylic acids is 1. The first kappa shape index (κ1) is 14.6. The Balaban J connectivity index is 2.33. The lowest BCUT2D eigenvalue weighted by Crippen LogP contribution is -2.38. The van der Waals surface area contributed by atoms with Gasteiger partial charge < -0.3 is 15.7 Å². The predicted molar refractivity (Wildman–Crippen MR) is 67.5 cm³/mol. The van der Waals surface area contributed by atoms with E-state index in [0.717, 1.165) is 0 Å². The van der Waals surface area contributed by atoms with Crippen molar-refractivity contribution in [2.24, 2.45) is 0 Å². The highest BCUT2D eigenvalue weighted by Crippen LogP contribution is 2.12. The van der Waals surface area contributed by atoms with Crippen LogP contribution < -0.4 is 10.6 Å². The van der Waals surface area contributed by atoms with Crippen LogP contribution in [-0.4, -0.2) is 30.1 Å². The Kier molecular flexibility index (Phi) is 5.74. The van der Waals surface area contributed by atoms with E-state index in [2.05, 4.69) is 10.6 Å². The third-order valence-electron chi connectivity index (χ3n) is 2.31. The molecular formula is C13H19FN2O2. The van der Waals surface area contributed by atoms with Crippen LogP contribution in [0.5, 0.6) is 0 Å². The molecule has 4 nitrogen and oxygen atoms in total. The molecule has 0 radical (unpaired) electrons. The predicted octanol–water partition coefficient (Wildman–Crippen LogP) is 0.973. The van der Waals surface area contributed by atoms with Crippen molar-refractivity contribution in [2.75, 3.05) is 13.1 Å². The molecule has 0 aliphatic heterocycles. The van der Waals surface area contributed by atoms with E-state index in [1.165, 1.54) is 12.1 Å². The van der Waals surface area contributed by atoms with Gasteiger partial charge in [-0.05, 0) is 31.5 Å². The summed E-state index contributed by atoms with van der Waals surface area (Å²) in [7, 11) is 0. The number of halogens is 1. The standard InChI is InChI=1S/C13H19FN2O2/c1-9(2)16-13(18)8-15-7-12(17)10-4-3-5-11(14)6-10/h3-6,9,12,15,17H,7-8H2,1-2H3,(H,16,18). The Morgan fingerprint density at radius 3 is 2.78 bits per heavy atom. The second-order valence-corrected chi connectivity index (χ2v) is 4.42. The Hall–Kier alpha value is -1.46. The SMILES string of the molecule is CC(C)NC(=O)CNCC(O)c1cccc(F)c1. The highest BCUT2D eigenvalue weighted by Gasteiger charge is 2.09. The molecule has 18 heavy (non-hydrogen) atoms. The highest BCUT2D eigenvalue weighted by atomic mass is 19.1. The van der Waals surface area contributed by atoms with Crippen LogP contribution in [0.4, 0.5) is 4.39 Å². The van der Waals surface area contributed by atoms with Crippen LogP contribution in [0.25, 0.3) is 0 Å².